The monoisotopic (exact) mass is 283 g/mol. The van der Waals surface area contributed by atoms with Crippen LogP contribution in [0.2, 0.25) is 5.02 Å². The van der Waals surface area contributed by atoms with E-state index in [-0.39, 0.29) is 5.91 Å². The highest BCUT2D eigenvalue weighted by molar-refractivity contribution is 6.30. The molecule has 0 saturated carbocycles. The molecule has 1 N–H and O–H groups in total. The summed E-state index contributed by atoms with van der Waals surface area (Å²) in [6.07, 6.45) is 0. The van der Waals surface area contributed by atoms with Crippen molar-refractivity contribution >= 4 is 17.5 Å². The van der Waals surface area contributed by atoms with Gasteiger partial charge in [0.15, 0.2) is 0 Å². The number of nitrogens with one attached hydrogen (secondary N) is 1. The van der Waals surface area contributed by atoms with Crippen LogP contribution in [0.4, 0.5) is 0 Å². The molecule has 2 nitrogen and oxygen atoms in total. The molecule has 2 aromatic rings. The highest BCUT2D eigenvalue weighted by Gasteiger charge is 2.05. The van der Waals surface area contributed by atoms with Crippen LogP contribution in [-0.4, -0.2) is 12.5 Å². The number of aryl methyl sites for hydroxylation is 1. The largest absolute Gasteiger partial charge is 0.341 e. The maximum absolute atomic E-state index is 11.9. The smallest absolute Gasteiger partial charge is 0.252 e. The lowest BCUT2D eigenvalue weighted by molar-refractivity contribution is 0.0958. The minimum atomic E-state index is -0.108. The van der Waals surface area contributed by atoms with Gasteiger partial charge in [0.25, 0.3) is 5.91 Å². The fourth-order valence-corrected chi connectivity index (χ4v) is 1.95. The number of carbonyl (C=O) groups is 1. The molecule has 0 bridgehead atoms. The number of amides is 1. The second-order valence-corrected chi connectivity index (χ2v) is 4.75. The molecule has 0 aliphatic heterocycles. The van der Waals surface area contributed by atoms with Crippen molar-refractivity contribution in [3.05, 3.63) is 70.2 Å². The lowest BCUT2D eigenvalue weighted by Crippen LogP contribution is -2.24. The van der Waals surface area contributed by atoms with Gasteiger partial charge >= 0.3 is 0 Å². The van der Waals surface area contributed by atoms with Gasteiger partial charge in [0.1, 0.15) is 0 Å². The molecule has 0 heterocycles. The van der Waals surface area contributed by atoms with E-state index in [4.69, 9.17) is 11.6 Å². The number of rotatable bonds is 2. The van der Waals surface area contributed by atoms with Gasteiger partial charge < -0.3 is 5.32 Å². The Morgan fingerprint density at radius 2 is 2.00 bits per heavy atom. The van der Waals surface area contributed by atoms with E-state index >= 15 is 0 Å². The predicted molar refractivity (Wildman–Crippen MR) is 81.8 cm³/mol. The minimum absolute atomic E-state index is 0.108. The fraction of sp³-hybridized carbons (Fsp3) is 0.118. The third-order valence-electron chi connectivity index (χ3n) is 2.78. The van der Waals surface area contributed by atoms with Crippen LogP contribution >= 0.6 is 11.6 Å². The van der Waals surface area contributed by atoms with Gasteiger partial charge in [-0.2, -0.15) is 0 Å². The highest BCUT2D eigenvalue weighted by Crippen LogP contribution is 2.09. The van der Waals surface area contributed by atoms with E-state index < -0.39 is 0 Å². The summed E-state index contributed by atoms with van der Waals surface area (Å²) in [5.41, 5.74) is 2.47. The van der Waals surface area contributed by atoms with Crippen LogP contribution < -0.4 is 5.32 Å². The van der Waals surface area contributed by atoms with Gasteiger partial charge in [0.2, 0.25) is 0 Å². The van der Waals surface area contributed by atoms with E-state index in [9.17, 15) is 4.79 Å². The second kappa shape index (κ2) is 6.79. The standard InChI is InChI=1S/C17H14ClNO/c1-13-6-2-3-10-16(13)17(20)19-11-5-8-14-7-4-9-15(18)12-14/h2-4,6-7,9-10,12H,11H2,1H3,(H,19,20). The van der Waals surface area contributed by atoms with Crippen molar-refractivity contribution in [2.75, 3.05) is 6.54 Å². The Hall–Kier alpha value is -2.24. The molecule has 100 valence electrons. The molecule has 0 unspecified atom stereocenters. The normalized spacial score (nSPS) is 9.50. The Morgan fingerprint density at radius 1 is 1.20 bits per heavy atom. The Balaban J connectivity index is 1.94. The molecule has 20 heavy (non-hydrogen) atoms. The van der Waals surface area contributed by atoms with Crippen molar-refractivity contribution in [2.24, 2.45) is 0 Å². The van der Waals surface area contributed by atoms with Crippen LogP contribution in [-0.2, 0) is 0 Å². The van der Waals surface area contributed by atoms with Crippen molar-refractivity contribution in [1.82, 2.24) is 5.32 Å². The van der Waals surface area contributed by atoms with Crippen LogP contribution in [0.5, 0.6) is 0 Å². The summed E-state index contributed by atoms with van der Waals surface area (Å²) >= 11 is 5.87. The summed E-state index contributed by atoms with van der Waals surface area (Å²) in [5, 5.41) is 3.43. The van der Waals surface area contributed by atoms with E-state index in [0.29, 0.717) is 17.1 Å². The maximum Gasteiger partial charge on any atom is 0.252 e. The molecule has 0 radical (unpaired) electrons. The molecule has 0 atom stereocenters. The Morgan fingerprint density at radius 3 is 2.75 bits per heavy atom. The van der Waals surface area contributed by atoms with Gasteiger partial charge in [-0.1, -0.05) is 47.7 Å². The molecule has 2 rings (SSSR count). The van der Waals surface area contributed by atoms with E-state index in [1.165, 1.54) is 0 Å². The van der Waals surface area contributed by atoms with Crippen molar-refractivity contribution in [3.63, 3.8) is 0 Å². The Kier molecular flexibility index (Phi) is 4.81. The molecular weight excluding hydrogens is 270 g/mol. The lowest BCUT2D eigenvalue weighted by atomic mass is 10.1. The molecule has 1 amide bonds. The van der Waals surface area contributed by atoms with Crippen LogP contribution in [0, 0.1) is 18.8 Å². The average molecular weight is 284 g/mol. The SMILES string of the molecule is Cc1ccccc1C(=O)NCC#Cc1cccc(Cl)c1. The third kappa shape index (κ3) is 3.88. The maximum atomic E-state index is 11.9. The van der Waals surface area contributed by atoms with Crippen LogP contribution in [0.1, 0.15) is 21.5 Å². The first-order valence-electron chi connectivity index (χ1n) is 6.25. The summed E-state index contributed by atoms with van der Waals surface area (Å²) in [5.74, 6) is 5.76. The van der Waals surface area contributed by atoms with Crippen LogP contribution in [0.15, 0.2) is 48.5 Å². The van der Waals surface area contributed by atoms with Gasteiger partial charge in [-0.3, -0.25) is 4.79 Å². The summed E-state index contributed by atoms with van der Waals surface area (Å²) in [4.78, 5) is 11.9. The Labute approximate surface area is 123 Å². The van der Waals surface area contributed by atoms with Gasteiger partial charge in [-0.15, -0.1) is 0 Å². The first-order valence-corrected chi connectivity index (χ1v) is 6.63. The molecule has 0 aromatic heterocycles. The van der Waals surface area contributed by atoms with Crippen LogP contribution in [0.3, 0.4) is 0 Å². The molecule has 3 heteroatoms. The summed E-state index contributed by atoms with van der Waals surface area (Å²) in [7, 11) is 0. The van der Waals surface area contributed by atoms with Crippen molar-refractivity contribution in [1.29, 1.82) is 0 Å². The first kappa shape index (κ1) is 14.2. The topological polar surface area (TPSA) is 29.1 Å². The minimum Gasteiger partial charge on any atom is -0.341 e. The van der Waals surface area contributed by atoms with Gasteiger partial charge in [-0.05, 0) is 36.8 Å². The zero-order valence-corrected chi connectivity index (χ0v) is 11.9. The van der Waals surface area contributed by atoms with E-state index in [2.05, 4.69) is 17.2 Å². The first-order chi connectivity index (χ1) is 9.66. The average Bonchev–Trinajstić information content (AvgIpc) is 2.44. The summed E-state index contributed by atoms with van der Waals surface area (Å²) in [6, 6.07) is 14.8. The molecule has 0 fully saturated rings. The van der Waals surface area contributed by atoms with E-state index in [0.717, 1.165) is 11.1 Å². The number of benzene rings is 2. The summed E-state index contributed by atoms with van der Waals surface area (Å²) < 4.78 is 0. The zero-order chi connectivity index (χ0) is 14.4. The third-order valence-corrected chi connectivity index (χ3v) is 3.02. The number of hydrogen-bond acceptors (Lipinski definition) is 1. The van der Waals surface area contributed by atoms with Crippen molar-refractivity contribution in [3.8, 4) is 11.8 Å². The van der Waals surface area contributed by atoms with Gasteiger partial charge in [0, 0.05) is 16.1 Å². The van der Waals surface area contributed by atoms with Crippen LogP contribution in [0.25, 0.3) is 0 Å². The lowest BCUT2D eigenvalue weighted by Gasteiger charge is -2.04. The quantitative estimate of drug-likeness (QED) is 0.841. The van der Waals surface area contributed by atoms with E-state index in [1.807, 2.05) is 37.3 Å². The van der Waals surface area contributed by atoms with Crippen molar-refractivity contribution in [2.45, 2.75) is 6.92 Å². The van der Waals surface area contributed by atoms with E-state index in [1.54, 1.807) is 18.2 Å². The van der Waals surface area contributed by atoms with Gasteiger partial charge in [0.05, 0.1) is 6.54 Å². The molecule has 0 saturated heterocycles. The van der Waals surface area contributed by atoms with Gasteiger partial charge in [-0.25, -0.2) is 0 Å². The molecule has 0 aliphatic rings. The highest BCUT2D eigenvalue weighted by atomic mass is 35.5. The number of halogens is 1. The number of hydrogen-bond donors (Lipinski definition) is 1. The molecular formula is C17H14ClNO. The fourth-order valence-electron chi connectivity index (χ4n) is 1.76. The second-order valence-electron chi connectivity index (χ2n) is 4.31. The predicted octanol–water partition coefficient (Wildman–Crippen LogP) is 3.43. The number of carbonyl (C=O) groups excluding carboxylic acids is 1. The van der Waals surface area contributed by atoms with Crippen molar-refractivity contribution < 1.29 is 4.79 Å². The molecule has 0 spiro atoms. The molecule has 0 aliphatic carbocycles. The zero-order valence-electron chi connectivity index (χ0n) is 11.1. The molecule has 2 aromatic carbocycles. The Bertz CT molecular complexity index is 683. The summed E-state index contributed by atoms with van der Waals surface area (Å²) in [6.45, 7) is 2.21.